The van der Waals surface area contributed by atoms with Crippen LogP contribution >= 0.6 is 11.6 Å². The first-order valence-corrected chi connectivity index (χ1v) is 5.38. The van der Waals surface area contributed by atoms with Crippen LogP contribution < -0.4 is 0 Å². The fourth-order valence-electron chi connectivity index (χ4n) is 1.50. The summed E-state index contributed by atoms with van der Waals surface area (Å²) in [5.74, 6) is 0. The lowest BCUT2D eigenvalue weighted by Crippen LogP contribution is -1.97. The monoisotopic (exact) mass is 196 g/mol. The van der Waals surface area contributed by atoms with Gasteiger partial charge in [0.2, 0.25) is 0 Å². The minimum Gasteiger partial charge on any atom is -0.123 e. The van der Waals surface area contributed by atoms with Crippen molar-refractivity contribution in [1.82, 2.24) is 0 Å². The van der Waals surface area contributed by atoms with Crippen LogP contribution in [0.2, 0.25) is 0 Å². The van der Waals surface area contributed by atoms with Gasteiger partial charge in [-0.25, -0.2) is 0 Å². The van der Waals surface area contributed by atoms with Gasteiger partial charge in [-0.3, -0.25) is 0 Å². The Kier molecular flexibility index (Phi) is 4.31. The van der Waals surface area contributed by atoms with Gasteiger partial charge in [0.25, 0.3) is 0 Å². The normalized spacial score (nSPS) is 12.8. The zero-order chi connectivity index (χ0) is 9.68. The Morgan fingerprint density at radius 3 is 2.38 bits per heavy atom. The van der Waals surface area contributed by atoms with Crippen molar-refractivity contribution in [2.75, 3.05) is 0 Å². The van der Waals surface area contributed by atoms with Crippen LogP contribution in [0.4, 0.5) is 0 Å². The molecule has 1 aromatic carbocycles. The number of rotatable bonds is 4. The SMILES string of the molecule is CCc1ccccc1CCC(C)Cl. The number of aryl methyl sites for hydroxylation is 2. The van der Waals surface area contributed by atoms with Gasteiger partial charge in [0.15, 0.2) is 0 Å². The topological polar surface area (TPSA) is 0 Å². The molecule has 0 aliphatic carbocycles. The molecule has 72 valence electrons. The summed E-state index contributed by atoms with van der Waals surface area (Å²) in [7, 11) is 0. The molecule has 1 heteroatoms. The predicted molar refractivity (Wildman–Crippen MR) is 59.5 cm³/mol. The van der Waals surface area contributed by atoms with Gasteiger partial charge in [0.05, 0.1) is 0 Å². The molecule has 0 saturated heterocycles. The molecule has 1 aromatic rings. The second-order valence-corrected chi connectivity index (χ2v) is 4.19. The lowest BCUT2D eigenvalue weighted by Gasteiger charge is -2.07. The van der Waals surface area contributed by atoms with Crippen molar-refractivity contribution >= 4 is 11.6 Å². The smallest absolute Gasteiger partial charge is 0.0311 e. The van der Waals surface area contributed by atoms with E-state index in [1.807, 2.05) is 0 Å². The molecule has 0 amide bonds. The highest BCUT2D eigenvalue weighted by atomic mass is 35.5. The number of alkyl halides is 1. The maximum atomic E-state index is 5.92. The largest absolute Gasteiger partial charge is 0.123 e. The molecule has 0 aliphatic rings. The summed E-state index contributed by atoms with van der Waals surface area (Å²) in [4.78, 5) is 0. The summed E-state index contributed by atoms with van der Waals surface area (Å²) in [6.45, 7) is 4.25. The molecule has 1 atom stereocenters. The predicted octanol–water partition coefficient (Wildman–Crippen LogP) is 3.81. The van der Waals surface area contributed by atoms with Crippen molar-refractivity contribution in [3.05, 3.63) is 35.4 Å². The first-order valence-electron chi connectivity index (χ1n) is 4.95. The van der Waals surface area contributed by atoms with Crippen LogP contribution in [-0.2, 0) is 12.8 Å². The van der Waals surface area contributed by atoms with E-state index < -0.39 is 0 Å². The first kappa shape index (κ1) is 10.6. The summed E-state index contributed by atoms with van der Waals surface area (Å²) in [6, 6.07) is 8.62. The van der Waals surface area contributed by atoms with Crippen molar-refractivity contribution in [2.45, 2.75) is 38.5 Å². The molecule has 0 aliphatic heterocycles. The third-order valence-corrected chi connectivity index (χ3v) is 2.53. The van der Waals surface area contributed by atoms with E-state index in [9.17, 15) is 0 Å². The zero-order valence-electron chi connectivity index (χ0n) is 8.39. The first-order chi connectivity index (χ1) is 6.24. The van der Waals surface area contributed by atoms with Crippen LogP contribution in [0.15, 0.2) is 24.3 Å². The van der Waals surface area contributed by atoms with Crippen LogP contribution in [0, 0.1) is 0 Å². The van der Waals surface area contributed by atoms with Crippen LogP contribution in [-0.4, -0.2) is 5.38 Å². The van der Waals surface area contributed by atoms with Gasteiger partial charge in [0, 0.05) is 5.38 Å². The second kappa shape index (κ2) is 5.29. The Bertz CT molecular complexity index is 253. The van der Waals surface area contributed by atoms with Crippen LogP contribution in [0.1, 0.15) is 31.4 Å². The molecule has 0 fully saturated rings. The quantitative estimate of drug-likeness (QED) is 0.643. The minimum absolute atomic E-state index is 0.282. The third kappa shape index (κ3) is 3.40. The van der Waals surface area contributed by atoms with Gasteiger partial charge in [-0.1, -0.05) is 31.2 Å². The third-order valence-electron chi connectivity index (χ3n) is 2.31. The number of hydrogen-bond acceptors (Lipinski definition) is 0. The van der Waals surface area contributed by atoms with Crippen molar-refractivity contribution in [3.63, 3.8) is 0 Å². The number of hydrogen-bond donors (Lipinski definition) is 0. The molecular formula is C12H17Cl. The molecule has 0 spiro atoms. The summed E-state index contributed by atoms with van der Waals surface area (Å²) >= 11 is 5.92. The Morgan fingerprint density at radius 2 is 1.85 bits per heavy atom. The van der Waals surface area contributed by atoms with Crippen molar-refractivity contribution in [2.24, 2.45) is 0 Å². The Labute approximate surface area is 85.9 Å². The molecule has 0 N–H and O–H groups in total. The van der Waals surface area contributed by atoms with Gasteiger partial charge in [0.1, 0.15) is 0 Å². The molecular weight excluding hydrogens is 180 g/mol. The van der Waals surface area contributed by atoms with E-state index in [1.165, 1.54) is 11.1 Å². The summed E-state index contributed by atoms with van der Waals surface area (Å²) in [5, 5.41) is 0.282. The lowest BCUT2D eigenvalue weighted by atomic mass is 10.0. The van der Waals surface area contributed by atoms with E-state index in [1.54, 1.807) is 0 Å². The molecule has 0 nitrogen and oxygen atoms in total. The molecule has 1 rings (SSSR count). The highest BCUT2D eigenvalue weighted by Gasteiger charge is 2.01. The summed E-state index contributed by atoms with van der Waals surface area (Å²) in [5.41, 5.74) is 2.91. The van der Waals surface area contributed by atoms with Gasteiger partial charge in [-0.15, -0.1) is 11.6 Å². The minimum atomic E-state index is 0.282. The van der Waals surface area contributed by atoms with E-state index in [0.717, 1.165) is 19.3 Å². The van der Waals surface area contributed by atoms with Gasteiger partial charge < -0.3 is 0 Å². The standard InChI is InChI=1S/C12H17Cl/c1-3-11-6-4-5-7-12(11)9-8-10(2)13/h4-7,10H,3,8-9H2,1-2H3. The van der Waals surface area contributed by atoms with E-state index in [4.69, 9.17) is 11.6 Å². The van der Waals surface area contributed by atoms with Crippen LogP contribution in [0.25, 0.3) is 0 Å². The van der Waals surface area contributed by atoms with Crippen molar-refractivity contribution in [1.29, 1.82) is 0 Å². The van der Waals surface area contributed by atoms with E-state index in [0.29, 0.717) is 0 Å². The van der Waals surface area contributed by atoms with Gasteiger partial charge in [-0.05, 0) is 37.3 Å². The number of halogens is 1. The molecule has 0 heterocycles. The number of benzene rings is 1. The van der Waals surface area contributed by atoms with Crippen molar-refractivity contribution < 1.29 is 0 Å². The summed E-state index contributed by atoms with van der Waals surface area (Å²) < 4.78 is 0. The van der Waals surface area contributed by atoms with Gasteiger partial charge in [-0.2, -0.15) is 0 Å². The Morgan fingerprint density at radius 1 is 1.23 bits per heavy atom. The van der Waals surface area contributed by atoms with E-state index in [2.05, 4.69) is 38.1 Å². The lowest BCUT2D eigenvalue weighted by molar-refractivity contribution is 0.795. The molecule has 1 unspecified atom stereocenters. The molecule has 0 bridgehead atoms. The molecule has 0 aromatic heterocycles. The fourth-order valence-corrected chi connectivity index (χ4v) is 1.61. The molecule has 0 saturated carbocycles. The van der Waals surface area contributed by atoms with Crippen molar-refractivity contribution in [3.8, 4) is 0 Å². The summed E-state index contributed by atoms with van der Waals surface area (Å²) in [6.07, 6.45) is 3.29. The Hall–Kier alpha value is -0.490. The average Bonchev–Trinajstić information content (AvgIpc) is 2.15. The van der Waals surface area contributed by atoms with Gasteiger partial charge >= 0.3 is 0 Å². The second-order valence-electron chi connectivity index (χ2n) is 3.44. The Balaban J connectivity index is 2.64. The molecule has 0 radical (unpaired) electrons. The van der Waals surface area contributed by atoms with E-state index >= 15 is 0 Å². The van der Waals surface area contributed by atoms with E-state index in [-0.39, 0.29) is 5.38 Å². The maximum Gasteiger partial charge on any atom is 0.0311 e. The molecule has 13 heavy (non-hydrogen) atoms. The van der Waals surface area contributed by atoms with Crippen LogP contribution in [0.3, 0.4) is 0 Å². The average molecular weight is 197 g/mol. The maximum absolute atomic E-state index is 5.92. The zero-order valence-corrected chi connectivity index (χ0v) is 9.14. The highest BCUT2D eigenvalue weighted by Crippen LogP contribution is 2.14. The highest BCUT2D eigenvalue weighted by molar-refractivity contribution is 6.20. The fraction of sp³-hybridized carbons (Fsp3) is 0.500. The van der Waals surface area contributed by atoms with Crippen LogP contribution in [0.5, 0.6) is 0 Å².